The van der Waals surface area contributed by atoms with E-state index in [4.69, 9.17) is 33.7 Å². The molecule has 3 heterocycles. The lowest BCUT2D eigenvalue weighted by Crippen LogP contribution is -2.16. The van der Waals surface area contributed by atoms with E-state index < -0.39 is 15.9 Å². The molecule has 0 aliphatic rings. The van der Waals surface area contributed by atoms with Crippen LogP contribution in [0.2, 0.25) is 10.2 Å². The molecule has 13 heteroatoms. The van der Waals surface area contributed by atoms with Gasteiger partial charge in [0.1, 0.15) is 16.7 Å². The van der Waals surface area contributed by atoms with Crippen molar-refractivity contribution in [3.05, 3.63) is 64.5 Å². The largest absolute Gasteiger partial charge is 0.497 e. The van der Waals surface area contributed by atoms with Crippen LogP contribution in [0.3, 0.4) is 0 Å². The molecule has 3 aromatic heterocycles. The molecular weight excluding hydrogens is 515 g/mol. The zero-order chi connectivity index (χ0) is 25.3. The fraction of sp³-hybridized carbons (Fsp3) is 0.136. The zero-order valence-corrected chi connectivity index (χ0v) is 20.9. The lowest BCUT2D eigenvalue weighted by atomic mass is 10.1. The Hall–Kier alpha value is -3.54. The first kappa shape index (κ1) is 24.6. The van der Waals surface area contributed by atoms with Crippen LogP contribution < -0.4 is 20.5 Å². The molecule has 1 aromatic carbocycles. The van der Waals surface area contributed by atoms with E-state index in [9.17, 15) is 13.2 Å². The summed E-state index contributed by atoms with van der Waals surface area (Å²) in [7, 11) is -2.05. The second kappa shape index (κ2) is 9.61. The highest BCUT2D eigenvalue weighted by atomic mass is 35.5. The van der Waals surface area contributed by atoms with Gasteiger partial charge in [-0.25, -0.2) is 18.4 Å². The summed E-state index contributed by atoms with van der Waals surface area (Å²) in [6, 6.07) is 11.6. The van der Waals surface area contributed by atoms with Crippen molar-refractivity contribution in [2.75, 3.05) is 29.1 Å². The summed E-state index contributed by atoms with van der Waals surface area (Å²) < 4.78 is 33.1. The van der Waals surface area contributed by atoms with Gasteiger partial charge in [0.15, 0.2) is 5.65 Å². The van der Waals surface area contributed by atoms with Gasteiger partial charge in [-0.1, -0.05) is 23.2 Å². The predicted molar refractivity (Wildman–Crippen MR) is 137 cm³/mol. The topological polar surface area (TPSA) is 141 Å². The van der Waals surface area contributed by atoms with Crippen LogP contribution in [0.15, 0.2) is 48.7 Å². The van der Waals surface area contributed by atoms with Gasteiger partial charge in [-0.05, 0) is 42.5 Å². The molecule has 35 heavy (non-hydrogen) atoms. The monoisotopic (exact) mass is 534 g/mol. The number of carbonyl (C=O) groups is 1. The number of rotatable bonds is 7. The van der Waals surface area contributed by atoms with Crippen LogP contribution in [0.25, 0.3) is 16.9 Å². The van der Waals surface area contributed by atoms with Crippen molar-refractivity contribution in [3.8, 4) is 17.0 Å². The van der Waals surface area contributed by atoms with E-state index >= 15 is 0 Å². The van der Waals surface area contributed by atoms with Crippen LogP contribution in [0.5, 0.6) is 5.75 Å². The number of hydrogen-bond donors (Lipinski definition) is 3. The first-order valence-electron chi connectivity index (χ1n) is 10.1. The van der Waals surface area contributed by atoms with Gasteiger partial charge in [0.25, 0.3) is 0 Å². The van der Waals surface area contributed by atoms with E-state index in [0.29, 0.717) is 39.1 Å². The van der Waals surface area contributed by atoms with Crippen LogP contribution in [0.4, 0.5) is 17.2 Å². The molecule has 0 radical (unpaired) electrons. The molecular formula is C22H20Cl2N6O4S. The fourth-order valence-corrected chi connectivity index (χ4v) is 4.43. The third kappa shape index (κ3) is 5.59. The Morgan fingerprint density at radius 2 is 1.86 bits per heavy atom. The van der Waals surface area contributed by atoms with Gasteiger partial charge in [-0.15, -0.1) is 0 Å². The highest BCUT2D eigenvalue weighted by Gasteiger charge is 2.18. The minimum absolute atomic E-state index is 0.0805. The van der Waals surface area contributed by atoms with Gasteiger partial charge in [-0.3, -0.25) is 13.9 Å². The Bertz CT molecular complexity index is 1560. The molecule has 0 aliphatic heterocycles. The second-order valence-electron chi connectivity index (χ2n) is 7.57. The summed E-state index contributed by atoms with van der Waals surface area (Å²) in [4.78, 5) is 21.1. The normalized spacial score (nSPS) is 11.4. The number of methoxy groups -OCH3 is 1. The van der Waals surface area contributed by atoms with Gasteiger partial charge >= 0.3 is 0 Å². The van der Waals surface area contributed by atoms with Crippen molar-refractivity contribution in [2.45, 2.75) is 6.42 Å². The molecule has 0 saturated carbocycles. The van der Waals surface area contributed by atoms with Crippen molar-refractivity contribution < 1.29 is 17.9 Å². The number of amides is 1. The highest BCUT2D eigenvalue weighted by molar-refractivity contribution is 7.92. The maximum atomic E-state index is 12.7. The number of ether oxygens (including phenoxy) is 1. The first-order valence-corrected chi connectivity index (χ1v) is 12.7. The van der Waals surface area contributed by atoms with Crippen LogP contribution in [-0.2, 0) is 21.2 Å². The highest BCUT2D eigenvalue weighted by Crippen LogP contribution is 2.33. The van der Waals surface area contributed by atoms with Crippen LogP contribution in [0, 0.1) is 0 Å². The number of benzene rings is 1. The van der Waals surface area contributed by atoms with Gasteiger partial charge < -0.3 is 15.8 Å². The third-order valence-electron chi connectivity index (χ3n) is 4.92. The molecule has 4 rings (SSSR count). The maximum absolute atomic E-state index is 12.7. The summed E-state index contributed by atoms with van der Waals surface area (Å²) in [5.41, 5.74) is 8.35. The molecule has 4 aromatic rings. The molecule has 4 N–H and O–H groups in total. The molecule has 0 atom stereocenters. The van der Waals surface area contributed by atoms with E-state index in [2.05, 4.69) is 20.0 Å². The second-order valence-corrected chi connectivity index (χ2v) is 10.1. The number of carbonyl (C=O) groups excluding carboxylic acids is 1. The number of anilines is 3. The summed E-state index contributed by atoms with van der Waals surface area (Å²) in [6.45, 7) is 0. The van der Waals surface area contributed by atoms with Crippen molar-refractivity contribution in [3.63, 3.8) is 0 Å². The third-order valence-corrected chi connectivity index (χ3v) is 6.03. The Labute approximate surface area is 211 Å². The average Bonchev–Trinajstić information content (AvgIpc) is 3.19. The Balaban J connectivity index is 1.74. The number of fused-ring (bicyclic) bond motifs is 1. The summed E-state index contributed by atoms with van der Waals surface area (Å²) >= 11 is 12.3. The lowest BCUT2D eigenvalue weighted by Gasteiger charge is -2.12. The fourth-order valence-electron chi connectivity index (χ4n) is 3.45. The molecule has 0 aliphatic carbocycles. The van der Waals surface area contributed by atoms with Crippen molar-refractivity contribution in [2.24, 2.45) is 0 Å². The van der Waals surface area contributed by atoms with E-state index in [-0.39, 0.29) is 23.1 Å². The molecule has 0 bridgehead atoms. The standard InChI is InChI=1S/C22H20Cl2N6O4S/c1-34-13-3-4-14(15(23)10-13)18-7-5-17(29-35(2,32)33)22-26-12(11-30(18)22)9-20(31)27-16-6-8-19(24)28-21(16)25/h3-8,10-11,29H,9H2,1-2H3,(H2,25,28)(H,27,31). The molecule has 182 valence electrons. The van der Waals surface area contributed by atoms with Crippen LogP contribution in [-0.4, -0.2) is 42.1 Å². The number of pyridine rings is 2. The van der Waals surface area contributed by atoms with Gasteiger partial charge in [0.2, 0.25) is 15.9 Å². The number of nitrogens with zero attached hydrogens (tertiary/aromatic N) is 3. The Morgan fingerprint density at radius 3 is 2.51 bits per heavy atom. The van der Waals surface area contributed by atoms with E-state index in [1.165, 1.54) is 13.2 Å². The van der Waals surface area contributed by atoms with Crippen LogP contribution in [0.1, 0.15) is 5.69 Å². The number of imidazole rings is 1. The number of nitrogen functional groups attached to an aromatic ring is 1. The van der Waals surface area contributed by atoms with Crippen molar-refractivity contribution in [1.82, 2.24) is 14.4 Å². The van der Waals surface area contributed by atoms with Gasteiger partial charge in [0, 0.05) is 11.8 Å². The van der Waals surface area contributed by atoms with Crippen LogP contribution >= 0.6 is 23.2 Å². The summed E-state index contributed by atoms with van der Waals surface area (Å²) in [5.74, 6) is 0.270. The molecule has 0 unspecified atom stereocenters. The lowest BCUT2D eigenvalue weighted by molar-refractivity contribution is -0.115. The molecule has 1 amide bonds. The molecule has 0 fully saturated rings. The van der Waals surface area contributed by atoms with E-state index in [1.54, 1.807) is 47.0 Å². The number of aromatic nitrogens is 3. The Kier molecular flexibility index (Phi) is 6.75. The van der Waals surface area contributed by atoms with Crippen molar-refractivity contribution >= 4 is 62.0 Å². The first-order chi connectivity index (χ1) is 16.5. The van der Waals surface area contributed by atoms with E-state index in [1.807, 2.05) is 0 Å². The van der Waals surface area contributed by atoms with E-state index in [0.717, 1.165) is 6.26 Å². The van der Waals surface area contributed by atoms with Crippen molar-refractivity contribution in [1.29, 1.82) is 0 Å². The number of nitrogens with two attached hydrogens (primary N) is 1. The average molecular weight is 535 g/mol. The molecule has 10 nitrogen and oxygen atoms in total. The number of halogens is 2. The SMILES string of the molecule is COc1ccc(-c2ccc(NS(C)(=O)=O)c3nc(CC(=O)Nc4ccc(Cl)nc4N)cn23)c(Cl)c1. The molecule has 0 spiro atoms. The molecule has 0 saturated heterocycles. The number of sulfonamides is 1. The Morgan fingerprint density at radius 1 is 1.11 bits per heavy atom. The van der Waals surface area contributed by atoms with Gasteiger partial charge in [0.05, 0.1) is 47.6 Å². The number of hydrogen-bond acceptors (Lipinski definition) is 7. The predicted octanol–water partition coefficient (Wildman–Crippen LogP) is 3.85. The minimum atomic E-state index is -3.58. The number of nitrogens with one attached hydrogen (secondary N) is 2. The van der Waals surface area contributed by atoms with Gasteiger partial charge in [-0.2, -0.15) is 0 Å². The quantitative estimate of drug-likeness (QED) is 0.306. The minimum Gasteiger partial charge on any atom is -0.497 e. The summed E-state index contributed by atoms with van der Waals surface area (Å²) in [5, 5.41) is 3.30. The maximum Gasteiger partial charge on any atom is 0.230 e. The zero-order valence-electron chi connectivity index (χ0n) is 18.5. The smallest absolute Gasteiger partial charge is 0.230 e. The summed E-state index contributed by atoms with van der Waals surface area (Å²) in [6.07, 6.45) is 2.57.